The van der Waals surface area contributed by atoms with E-state index >= 15 is 0 Å². The second-order valence-electron chi connectivity index (χ2n) is 8.93. The number of nitrogens with zero attached hydrogens (tertiary/aromatic N) is 4. The van der Waals surface area contributed by atoms with Crippen LogP contribution >= 0.6 is 10.8 Å². The molecule has 1 saturated heterocycles. The first-order valence-electron chi connectivity index (χ1n) is 11.8. The van der Waals surface area contributed by atoms with E-state index in [0.717, 1.165) is 39.2 Å². The van der Waals surface area contributed by atoms with Gasteiger partial charge in [-0.1, -0.05) is 48.5 Å². The molecule has 2 heterocycles. The number of benzene rings is 3. The number of anilines is 2. The molecule has 9 heteroatoms. The van der Waals surface area contributed by atoms with Gasteiger partial charge in [-0.25, -0.2) is 9.29 Å². The average molecular weight is 504 g/mol. The third-order valence-electron chi connectivity index (χ3n) is 6.29. The van der Waals surface area contributed by atoms with Crippen molar-refractivity contribution in [3.05, 3.63) is 84.6 Å². The van der Waals surface area contributed by atoms with E-state index in [4.69, 9.17) is 4.98 Å². The standard InChI is InChI=1S/C27H29N5O3S/c1-36(34,35)32-15-13-31(14-16-32)26-19-28-24-12-9-22(18-25(24)30-26)21-7-10-23(11-8-21)29-27(33)17-20-5-3-2-4-6-20/h2-12,18-19,34-35H,13-17H2,1H3,(H,29,33). The number of hydrogen-bond acceptors (Lipinski definition) is 7. The first-order chi connectivity index (χ1) is 17.3. The first-order valence-corrected chi connectivity index (χ1v) is 13.7. The van der Waals surface area contributed by atoms with Crippen LogP contribution in [0.3, 0.4) is 0 Å². The summed E-state index contributed by atoms with van der Waals surface area (Å²) in [6.07, 6.45) is 3.57. The normalized spacial score (nSPS) is 15.1. The lowest BCUT2D eigenvalue weighted by molar-refractivity contribution is -0.115. The Balaban J connectivity index is 1.28. The van der Waals surface area contributed by atoms with Crippen LogP contribution in [0.15, 0.2) is 79.0 Å². The van der Waals surface area contributed by atoms with Crippen molar-refractivity contribution in [1.82, 2.24) is 14.3 Å². The highest BCUT2D eigenvalue weighted by Gasteiger charge is 2.24. The molecule has 1 fully saturated rings. The van der Waals surface area contributed by atoms with Crippen LogP contribution in [0.4, 0.5) is 11.5 Å². The molecule has 3 N–H and O–H groups in total. The SMILES string of the molecule is CS(O)(O)N1CCN(c2cnc3ccc(-c4ccc(NC(=O)Cc5ccccc5)cc4)cc3n2)CC1. The van der Waals surface area contributed by atoms with Gasteiger partial charge in [-0.05, 0) is 41.0 Å². The molecule has 4 aromatic rings. The van der Waals surface area contributed by atoms with Gasteiger partial charge in [-0.2, -0.15) is 0 Å². The average Bonchev–Trinajstić information content (AvgIpc) is 2.88. The number of fused-ring (bicyclic) bond motifs is 1. The van der Waals surface area contributed by atoms with Crippen molar-refractivity contribution >= 4 is 39.2 Å². The highest BCUT2D eigenvalue weighted by Crippen LogP contribution is 2.39. The zero-order valence-corrected chi connectivity index (χ0v) is 20.9. The number of carbonyl (C=O) groups excluding carboxylic acids is 1. The summed E-state index contributed by atoms with van der Waals surface area (Å²) in [6, 6.07) is 23.5. The second kappa shape index (κ2) is 10.2. The van der Waals surface area contributed by atoms with Crippen LogP contribution in [-0.4, -0.2) is 61.7 Å². The largest absolute Gasteiger partial charge is 0.353 e. The summed E-state index contributed by atoms with van der Waals surface area (Å²) in [5.41, 5.74) is 5.38. The summed E-state index contributed by atoms with van der Waals surface area (Å²) < 4.78 is 21.5. The summed E-state index contributed by atoms with van der Waals surface area (Å²) in [6.45, 7) is 2.43. The van der Waals surface area contributed by atoms with Gasteiger partial charge in [0.05, 0.1) is 23.7 Å². The van der Waals surface area contributed by atoms with Gasteiger partial charge in [-0.3, -0.25) is 18.9 Å². The number of piperazine rings is 1. The molecule has 0 radical (unpaired) electrons. The van der Waals surface area contributed by atoms with Crippen molar-refractivity contribution in [2.45, 2.75) is 6.42 Å². The first kappa shape index (κ1) is 24.2. The van der Waals surface area contributed by atoms with Gasteiger partial charge in [-0.15, -0.1) is 10.8 Å². The third kappa shape index (κ3) is 5.66. The molecular formula is C27H29N5O3S. The molecule has 8 nitrogen and oxygen atoms in total. The van der Waals surface area contributed by atoms with Crippen molar-refractivity contribution in [3.63, 3.8) is 0 Å². The van der Waals surface area contributed by atoms with E-state index in [0.29, 0.717) is 32.6 Å². The monoisotopic (exact) mass is 503 g/mol. The highest BCUT2D eigenvalue weighted by atomic mass is 32.3. The van der Waals surface area contributed by atoms with Gasteiger partial charge in [0.2, 0.25) is 5.91 Å². The van der Waals surface area contributed by atoms with E-state index in [2.05, 4.69) is 15.2 Å². The Bertz CT molecular complexity index is 1350. The molecule has 1 aromatic heterocycles. The Morgan fingerprint density at radius 2 is 1.61 bits per heavy atom. The minimum absolute atomic E-state index is 0.0488. The van der Waals surface area contributed by atoms with Crippen LogP contribution in [0.1, 0.15) is 5.56 Å². The predicted octanol–water partition coefficient (Wildman–Crippen LogP) is 4.90. The van der Waals surface area contributed by atoms with E-state index in [1.807, 2.05) is 72.8 Å². The molecule has 3 aromatic carbocycles. The molecule has 36 heavy (non-hydrogen) atoms. The fourth-order valence-corrected chi connectivity index (χ4v) is 5.18. The van der Waals surface area contributed by atoms with Crippen molar-refractivity contribution < 1.29 is 13.9 Å². The maximum absolute atomic E-state index is 12.4. The van der Waals surface area contributed by atoms with Crippen LogP contribution in [-0.2, 0) is 11.2 Å². The van der Waals surface area contributed by atoms with E-state index in [1.54, 1.807) is 10.5 Å². The van der Waals surface area contributed by atoms with Crippen LogP contribution in [0.2, 0.25) is 0 Å². The zero-order chi connectivity index (χ0) is 25.1. The maximum atomic E-state index is 12.4. The van der Waals surface area contributed by atoms with Gasteiger partial charge < -0.3 is 10.2 Å². The molecule has 0 bridgehead atoms. The predicted molar refractivity (Wildman–Crippen MR) is 146 cm³/mol. The Hall–Kier alpha value is -3.50. The van der Waals surface area contributed by atoms with Crippen LogP contribution in [0, 0.1) is 0 Å². The molecule has 1 aliphatic rings. The molecule has 0 aliphatic carbocycles. The minimum Gasteiger partial charge on any atom is -0.353 e. The van der Waals surface area contributed by atoms with Gasteiger partial charge in [0.15, 0.2) is 0 Å². The van der Waals surface area contributed by atoms with Crippen molar-refractivity contribution in [2.75, 3.05) is 42.7 Å². The lowest BCUT2D eigenvalue weighted by Crippen LogP contribution is -2.47. The number of carbonyl (C=O) groups is 1. The van der Waals surface area contributed by atoms with E-state index in [-0.39, 0.29) is 5.91 Å². The van der Waals surface area contributed by atoms with Gasteiger partial charge >= 0.3 is 0 Å². The molecule has 0 saturated carbocycles. The fourth-order valence-electron chi connectivity index (χ4n) is 4.33. The van der Waals surface area contributed by atoms with E-state index in [9.17, 15) is 13.9 Å². The number of nitrogens with one attached hydrogen (secondary N) is 1. The van der Waals surface area contributed by atoms with Gasteiger partial charge in [0, 0.05) is 38.1 Å². The van der Waals surface area contributed by atoms with Crippen LogP contribution in [0.25, 0.3) is 22.2 Å². The lowest BCUT2D eigenvalue weighted by atomic mass is 10.0. The molecule has 0 atom stereocenters. The Morgan fingerprint density at radius 1 is 0.917 bits per heavy atom. The lowest BCUT2D eigenvalue weighted by Gasteiger charge is -2.44. The Kier molecular flexibility index (Phi) is 6.88. The number of rotatable bonds is 6. The third-order valence-corrected chi connectivity index (χ3v) is 7.63. The molecule has 5 rings (SSSR count). The molecule has 1 aliphatic heterocycles. The summed E-state index contributed by atoms with van der Waals surface area (Å²) in [5, 5.41) is 2.95. The molecule has 1 amide bonds. The smallest absolute Gasteiger partial charge is 0.228 e. The minimum atomic E-state index is -2.68. The van der Waals surface area contributed by atoms with Crippen LogP contribution in [0.5, 0.6) is 0 Å². The van der Waals surface area contributed by atoms with Gasteiger partial charge in [0.1, 0.15) is 5.82 Å². The number of aromatic nitrogens is 2. The van der Waals surface area contributed by atoms with E-state index in [1.165, 1.54) is 6.26 Å². The summed E-state index contributed by atoms with van der Waals surface area (Å²) >= 11 is 0. The highest BCUT2D eigenvalue weighted by molar-refractivity contribution is 8.21. The molecular weight excluding hydrogens is 474 g/mol. The van der Waals surface area contributed by atoms with E-state index < -0.39 is 10.8 Å². The maximum Gasteiger partial charge on any atom is 0.228 e. The van der Waals surface area contributed by atoms with Crippen molar-refractivity contribution in [2.24, 2.45) is 0 Å². The fraction of sp³-hybridized carbons (Fsp3) is 0.222. The summed E-state index contributed by atoms with van der Waals surface area (Å²) in [7, 11) is -2.68. The Morgan fingerprint density at radius 3 is 2.31 bits per heavy atom. The summed E-state index contributed by atoms with van der Waals surface area (Å²) in [4.78, 5) is 23.9. The molecule has 0 spiro atoms. The summed E-state index contributed by atoms with van der Waals surface area (Å²) in [5.74, 6) is 0.732. The topological polar surface area (TPSA) is 102 Å². The van der Waals surface area contributed by atoms with Crippen molar-refractivity contribution in [3.8, 4) is 11.1 Å². The van der Waals surface area contributed by atoms with Gasteiger partial charge in [0.25, 0.3) is 0 Å². The number of hydrogen-bond donors (Lipinski definition) is 3. The second-order valence-corrected chi connectivity index (χ2v) is 11.0. The quantitative estimate of drug-likeness (QED) is 0.344. The van der Waals surface area contributed by atoms with Crippen LogP contribution < -0.4 is 10.2 Å². The zero-order valence-electron chi connectivity index (χ0n) is 20.0. The molecule has 186 valence electrons. The van der Waals surface area contributed by atoms with Crippen molar-refractivity contribution in [1.29, 1.82) is 0 Å². The number of amides is 1. The Labute approximate surface area is 212 Å². The molecule has 0 unspecified atom stereocenters.